The number of aryl methyl sites for hydroxylation is 1. The average molecular weight is 313 g/mol. The summed E-state index contributed by atoms with van der Waals surface area (Å²) in [5.74, 6) is -0.208. The number of hydrogen-bond acceptors (Lipinski definition) is 2. The Morgan fingerprint density at radius 3 is 2.74 bits per heavy atom. The molecule has 0 aliphatic carbocycles. The van der Waals surface area contributed by atoms with Crippen molar-refractivity contribution in [1.82, 2.24) is 14.9 Å². The van der Waals surface area contributed by atoms with Crippen molar-refractivity contribution in [3.05, 3.63) is 65.0 Å². The predicted molar refractivity (Wildman–Crippen MR) is 85.2 cm³/mol. The van der Waals surface area contributed by atoms with Gasteiger partial charge in [-0.25, -0.2) is 13.8 Å². The van der Waals surface area contributed by atoms with Gasteiger partial charge in [0.1, 0.15) is 5.82 Å². The first kappa shape index (κ1) is 14.3. The number of benzene rings is 2. The maximum atomic E-state index is 13.2. The van der Waals surface area contributed by atoms with Gasteiger partial charge < -0.3 is 4.98 Å². The van der Waals surface area contributed by atoms with Crippen LogP contribution < -0.4 is 0 Å². The molecule has 4 rings (SSSR count). The highest BCUT2D eigenvalue weighted by Gasteiger charge is 2.30. The van der Waals surface area contributed by atoms with E-state index in [1.165, 1.54) is 17.7 Å². The lowest BCUT2D eigenvalue weighted by Gasteiger charge is -2.38. The number of aromatic amines is 1. The number of rotatable bonds is 3. The summed E-state index contributed by atoms with van der Waals surface area (Å²) in [7, 11) is 0. The highest BCUT2D eigenvalue weighted by atomic mass is 19.2. The lowest BCUT2D eigenvalue weighted by Crippen LogP contribution is -2.44. The zero-order valence-corrected chi connectivity index (χ0v) is 12.8. The van der Waals surface area contributed by atoms with Gasteiger partial charge in [0, 0.05) is 25.6 Å². The summed E-state index contributed by atoms with van der Waals surface area (Å²) >= 11 is 0. The van der Waals surface area contributed by atoms with Gasteiger partial charge in [-0.3, -0.25) is 4.90 Å². The van der Waals surface area contributed by atoms with Gasteiger partial charge in [0.15, 0.2) is 11.6 Å². The number of H-pyrrole nitrogens is 1. The van der Waals surface area contributed by atoms with E-state index in [0.29, 0.717) is 12.5 Å². The molecular weight excluding hydrogens is 296 g/mol. The minimum absolute atomic E-state index is 0.369. The Morgan fingerprint density at radius 2 is 1.96 bits per heavy atom. The predicted octanol–water partition coefficient (Wildman–Crippen LogP) is 3.75. The van der Waals surface area contributed by atoms with Crippen LogP contribution in [-0.4, -0.2) is 28.0 Å². The fraction of sp³-hybridized carbons (Fsp3) is 0.278. The highest BCUT2D eigenvalue weighted by Crippen LogP contribution is 2.28. The topological polar surface area (TPSA) is 31.9 Å². The highest BCUT2D eigenvalue weighted by molar-refractivity contribution is 5.75. The summed E-state index contributed by atoms with van der Waals surface area (Å²) in [6, 6.07) is 10.3. The smallest absolute Gasteiger partial charge is 0.159 e. The second-order valence-electron chi connectivity index (χ2n) is 6.28. The lowest BCUT2D eigenvalue weighted by molar-refractivity contribution is 0.135. The molecule has 118 valence electrons. The SMILES string of the molecule is Cc1ccc2nc(C3CN(Cc4ccc(F)c(F)c4)C3)[nH]c2c1. The van der Waals surface area contributed by atoms with Crippen LogP contribution in [0.4, 0.5) is 8.78 Å². The Morgan fingerprint density at radius 1 is 1.13 bits per heavy atom. The van der Waals surface area contributed by atoms with Crippen molar-refractivity contribution < 1.29 is 8.78 Å². The zero-order valence-electron chi connectivity index (χ0n) is 12.8. The van der Waals surface area contributed by atoms with E-state index in [1.807, 2.05) is 6.07 Å². The molecule has 3 nitrogen and oxygen atoms in total. The second kappa shape index (κ2) is 5.42. The summed E-state index contributed by atoms with van der Waals surface area (Å²) in [4.78, 5) is 10.2. The second-order valence-corrected chi connectivity index (χ2v) is 6.28. The van der Waals surface area contributed by atoms with Crippen molar-refractivity contribution in [3.63, 3.8) is 0 Å². The van der Waals surface area contributed by atoms with Gasteiger partial charge in [-0.15, -0.1) is 0 Å². The first-order chi connectivity index (χ1) is 11.1. The number of nitrogens with zero attached hydrogens (tertiary/aromatic N) is 2. The molecule has 0 unspecified atom stereocenters. The van der Waals surface area contributed by atoms with Gasteiger partial charge in [0.05, 0.1) is 11.0 Å². The van der Waals surface area contributed by atoms with E-state index in [2.05, 4.69) is 33.9 Å². The number of likely N-dealkylation sites (tertiary alicyclic amines) is 1. The lowest BCUT2D eigenvalue weighted by atomic mass is 9.98. The fourth-order valence-electron chi connectivity index (χ4n) is 3.10. The van der Waals surface area contributed by atoms with Crippen molar-refractivity contribution in [3.8, 4) is 0 Å². The molecule has 0 saturated carbocycles. The molecule has 1 aliphatic rings. The third kappa shape index (κ3) is 2.72. The Kier molecular flexibility index (Phi) is 3.38. The van der Waals surface area contributed by atoms with Crippen LogP contribution in [0.3, 0.4) is 0 Å². The third-order valence-electron chi connectivity index (χ3n) is 4.39. The van der Waals surface area contributed by atoms with Crippen LogP contribution in [0, 0.1) is 18.6 Å². The monoisotopic (exact) mass is 313 g/mol. The minimum atomic E-state index is -0.798. The van der Waals surface area contributed by atoms with Gasteiger partial charge in [-0.05, 0) is 42.3 Å². The van der Waals surface area contributed by atoms with Crippen molar-refractivity contribution in [2.45, 2.75) is 19.4 Å². The van der Waals surface area contributed by atoms with Gasteiger partial charge in [-0.1, -0.05) is 12.1 Å². The van der Waals surface area contributed by atoms with Crippen LogP contribution >= 0.6 is 0 Å². The molecule has 0 bridgehead atoms. The summed E-state index contributed by atoms with van der Waals surface area (Å²) in [6.07, 6.45) is 0. The van der Waals surface area contributed by atoms with Crippen molar-refractivity contribution in [2.24, 2.45) is 0 Å². The molecule has 1 aliphatic heterocycles. The molecule has 0 radical (unpaired) electrons. The fourth-order valence-corrected chi connectivity index (χ4v) is 3.10. The van der Waals surface area contributed by atoms with E-state index in [9.17, 15) is 8.78 Å². The Bertz CT molecular complexity index is 866. The molecule has 5 heteroatoms. The molecule has 0 atom stereocenters. The van der Waals surface area contributed by atoms with E-state index in [1.54, 1.807) is 6.07 Å². The van der Waals surface area contributed by atoms with Crippen LogP contribution in [0.5, 0.6) is 0 Å². The summed E-state index contributed by atoms with van der Waals surface area (Å²) in [5.41, 5.74) is 4.06. The van der Waals surface area contributed by atoms with Crippen LogP contribution in [0.25, 0.3) is 11.0 Å². The maximum absolute atomic E-state index is 13.2. The van der Waals surface area contributed by atoms with E-state index in [-0.39, 0.29) is 0 Å². The molecule has 2 aromatic carbocycles. The molecule has 1 fully saturated rings. The van der Waals surface area contributed by atoms with Gasteiger partial charge >= 0.3 is 0 Å². The first-order valence-corrected chi connectivity index (χ1v) is 7.71. The average Bonchev–Trinajstić information content (AvgIpc) is 2.88. The summed E-state index contributed by atoms with van der Waals surface area (Å²) in [5, 5.41) is 0. The van der Waals surface area contributed by atoms with Crippen LogP contribution in [0.1, 0.15) is 22.9 Å². The molecule has 3 aromatic rings. The van der Waals surface area contributed by atoms with Crippen LogP contribution in [0.2, 0.25) is 0 Å². The van der Waals surface area contributed by atoms with E-state index >= 15 is 0 Å². The molecule has 1 aromatic heterocycles. The number of fused-ring (bicyclic) bond motifs is 1. The molecule has 2 heterocycles. The van der Waals surface area contributed by atoms with Gasteiger partial charge in [0.25, 0.3) is 0 Å². The molecule has 0 spiro atoms. The normalized spacial score (nSPS) is 16.0. The van der Waals surface area contributed by atoms with Gasteiger partial charge in [0.2, 0.25) is 0 Å². The first-order valence-electron chi connectivity index (χ1n) is 7.71. The largest absolute Gasteiger partial charge is 0.342 e. The quantitative estimate of drug-likeness (QED) is 0.798. The molecule has 1 N–H and O–H groups in total. The van der Waals surface area contributed by atoms with E-state index in [4.69, 9.17) is 0 Å². The van der Waals surface area contributed by atoms with Crippen molar-refractivity contribution in [1.29, 1.82) is 0 Å². The maximum Gasteiger partial charge on any atom is 0.159 e. The van der Waals surface area contributed by atoms with Gasteiger partial charge in [-0.2, -0.15) is 0 Å². The Hall–Kier alpha value is -2.27. The number of hydrogen-bond donors (Lipinski definition) is 1. The van der Waals surface area contributed by atoms with Crippen LogP contribution in [0.15, 0.2) is 36.4 Å². The molecule has 1 saturated heterocycles. The zero-order chi connectivity index (χ0) is 16.0. The number of nitrogens with one attached hydrogen (secondary N) is 1. The summed E-state index contributed by atoms with van der Waals surface area (Å²) < 4.78 is 26.2. The van der Waals surface area contributed by atoms with E-state index in [0.717, 1.165) is 35.5 Å². The molecule has 0 amide bonds. The molecular formula is C18H17F2N3. The third-order valence-corrected chi connectivity index (χ3v) is 4.39. The minimum Gasteiger partial charge on any atom is -0.342 e. The van der Waals surface area contributed by atoms with Crippen LogP contribution in [-0.2, 0) is 6.54 Å². The Balaban J connectivity index is 1.43. The van der Waals surface area contributed by atoms with Crippen molar-refractivity contribution >= 4 is 11.0 Å². The number of aromatic nitrogens is 2. The summed E-state index contributed by atoms with van der Waals surface area (Å²) in [6.45, 7) is 4.44. The Labute approximate surface area is 133 Å². The van der Waals surface area contributed by atoms with E-state index < -0.39 is 11.6 Å². The standard InChI is InChI=1S/C18H17F2N3/c1-11-2-5-16-17(6-11)22-18(21-16)13-9-23(10-13)8-12-3-4-14(19)15(20)7-12/h2-7,13H,8-10H2,1H3,(H,21,22). The number of halogens is 2. The molecule has 23 heavy (non-hydrogen) atoms. The van der Waals surface area contributed by atoms with Crippen molar-refractivity contribution in [2.75, 3.05) is 13.1 Å². The number of imidazole rings is 1.